The van der Waals surface area contributed by atoms with Crippen molar-refractivity contribution in [3.63, 3.8) is 0 Å². The zero-order chi connectivity index (χ0) is 15.2. The number of hydrogen-bond donors (Lipinski definition) is 2. The molecule has 0 spiro atoms. The molecule has 0 saturated heterocycles. The predicted octanol–water partition coefficient (Wildman–Crippen LogP) is 1.32. The third-order valence-corrected chi connectivity index (χ3v) is 2.60. The van der Waals surface area contributed by atoms with Gasteiger partial charge in [-0.15, -0.1) is 6.42 Å². The van der Waals surface area contributed by atoms with E-state index in [4.69, 9.17) is 11.2 Å². The van der Waals surface area contributed by atoms with Crippen molar-refractivity contribution in [2.24, 2.45) is 0 Å². The van der Waals surface area contributed by atoms with Crippen LogP contribution in [0.15, 0.2) is 0 Å². The van der Waals surface area contributed by atoms with Crippen LogP contribution in [0.2, 0.25) is 0 Å². The summed E-state index contributed by atoms with van der Waals surface area (Å²) in [6, 6.07) is -0.0942. The van der Waals surface area contributed by atoms with Gasteiger partial charge in [-0.1, -0.05) is 5.92 Å². The van der Waals surface area contributed by atoms with E-state index >= 15 is 0 Å². The Labute approximate surface area is 120 Å². The number of rotatable bonds is 5. The lowest BCUT2D eigenvalue weighted by Gasteiger charge is -2.27. The van der Waals surface area contributed by atoms with Gasteiger partial charge in [0.15, 0.2) is 0 Å². The lowest BCUT2D eigenvalue weighted by atomic mass is 10.2. The van der Waals surface area contributed by atoms with Gasteiger partial charge < -0.3 is 20.3 Å². The molecule has 0 radical (unpaired) electrons. The van der Waals surface area contributed by atoms with E-state index in [1.807, 2.05) is 20.8 Å². The van der Waals surface area contributed by atoms with Crippen molar-refractivity contribution in [2.45, 2.75) is 45.3 Å². The molecule has 0 aliphatic heterocycles. The number of carbonyl (C=O) groups is 2. The van der Waals surface area contributed by atoms with E-state index in [1.54, 1.807) is 4.90 Å². The zero-order valence-electron chi connectivity index (χ0n) is 12.4. The molecule has 0 atom stereocenters. The highest BCUT2D eigenvalue weighted by Gasteiger charge is 2.34. The van der Waals surface area contributed by atoms with E-state index in [0.29, 0.717) is 13.1 Å². The Balaban J connectivity index is 2.35. The van der Waals surface area contributed by atoms with E-state index in [9.17, 15) is 9.59 Å². The van der Waals surface area contributed by atoms with Crippen molar-refractivity contribution >= 4 is 12.1 Å². The van der Waals surface area contributed by atoms with Crippen molar-refractivity contribution in [3.05, 3.63) is 0 Å². The number of ether oxygens (including phenoxy) is 1. The van der Waals surface area contributed by atoms with E-state index in [0.717, 1.165) is 12.8 Å². The third-order valence-electron chi connectivity index (χ3n) is 2.60. The van der Waals surface area contributed by atoms with Gasteiger partial charge >= 0.3 is 12.1 Å². The van der Waals surface area contributed by atoms with Gasteiger partial charge in [-0.25, -0.2) is 9.59 Å². The maximum Gasteiger partial charge on any atom is 0.410 e. The molecule has 0 aromatic rings. The molecule has 1 aliphatic rings. The van der Waals surface area contributed by atoms with Crippen LogP contribution in [0, 0.1) is 12.3 Å². The van der Waals surface area contributed by atoms with Crippen LogP contribution in [-0.4, -0.2) is 48.3 Å². The van der Waals surface area contributed by atoms with Crippen molar-refractivity contribution in [1.29, 1.82) is 0 Å². The van der Waals surface area contributed by atoms with Gasteiger partial charge in [-0.3, -0.25) is 0 Å². The summed E-state index contributed by atoms with van der Waals surface area (Å²) in [5.41, 5.74) is -0.512. The van der Waals surface area contributed by atoms with Crippen LogP contribution in [0.3, 0.4) is 0 Å². The van der Waals surface area contributed by atoms with E-state index in [1.165, 1.54) is 0 Å². The van der Waals surface area contributed by atoms with Gasteiger partial charge in [0.25, 0.3) is 0 Å². The van der Waals surface area contributed by atoms with Crippen LogP contribution >= 0.6 is 0 Å². The Hall–Kier alpha value is -1.90. The molecule has 2 N–H and O–H groups in total. The Morgan fingerprint density at radius 3 is 2.50 bits per heavy atom. The van der Waals surface area contributed by atoms with E-state index in [2.05, 4.69) is 16.6 Å². The monoisotopic (exact) mass is 281 g/mol. The lowest BCUT2D eigenvalue weighted by molar-refractivity contribution is 0.0236. The second-order valence-corrected chi connectivity index (χ2v) is 5.72. The molecular weight excluding hydrogens is 258 g/mol. The summed E-state index contributed by atoms with van der Waals surface area (Å²) in [6.45, 7) is 6.49. The molecule has 0 aromatic carbocycles. The van der Waals surface area contributed by atoms with Crippen LogP contribution in [0.25, 0.3) is 0 Å². The lowest BCUT2D eigenvalue weighted by Crippen LogP contribution is -2.44. The minimum atomic E-state index is -0.512. The maximum atomic E-state index is 12.0. The van der Waals surface area contributed by atoms with Crippen LogP contribution in [0.5, 0.6) is 0 Å². The molecule has 1 saturated carbocycles. The highest BCUT2D eigenvalue weighted by molar-refractivity contribution is 5.74. The van der Waals surface area contributed by atoms with E-state index in [-0.39, 0.29) is 24.7 Å². The Kier molecular flexibility index (Phi) is 5.68. The van der Waals surface area contributed by atoms with Crippen molar-refractivity contribution < 1.29 is 14.3 Å². The van der Waals surface area contributed by atoms with Gasteiger partial charge in [0.2, 0.25) is 0 Å². The molecule has 6 nitrogen and oxygen atoms in total. The molecule has 1 fully saturated rings. The predicted molar refractivity (Wildman–Crippen MR) is 76.2 cm³/mol. The summed E-state index contributed by atoms with van der Waals surface area (Å²) >= 11 is 0. The number of nitrogens with one attached hydrogen (secondary N) is 2. The molecule has 0 bridgehead atoms. The smallest absolute Gasteiger partial charge is 0.410 e. The standard InChI is InChI=1S/C14H23N3O3/c1-5-8-15-12(18)16-9-10-17(11-6-7-11)13(19)20-14(2,3)4/h1,11H,6-10H2,2-4H3,(H2,15,16,18). The highest BCUT2D eigenvalue weighted by Crippen LogP contribution is 2.27. The first-order chi connectivity index (χ1) is 9.33. The minimum absolute atomic E-state index is 0.185. The van der Waals surface area contributed by atoms with Crippen LogP contribution < -0.4 is 10.6 Å². The Morgan fingerprint density at radius 2 is 2.00 bits per heavy atom. The topological polar surface area (TPSA) is 70.7 Å². The molecule has 1 aliphatic carbocycles. The molecule has 1 rings (SSSR count). The van der Waals surface area contributed by atoms with Crippen LogP contribution in [0.4, 0.5) is 9.59 Å². The molecule has 3 amide bonds. The first-order valence-electron chi connectivity index (χ1n) is 6.78. The SMILES string of the molecule is C#CCNC(=O)NCCN(C(=O)OC(C)(C)C)C1CC1. The molecule has 6 heteroatoms. The first-order valence-corrected chi connectivity index (χ1v) is 6.78. The number of urea groups is 1. The second kappa shape index (κ2) is 7.04. The average molecular weight is 281 g/mol. The summed E-state index contributed by atoms with van der Waals surface area (Å²) in [4.78, 5) is 25.0. The molecule has 112 valence electrons. The highest BCUT2D eigenvalue weighted by atomic mass is 16.6. The first kappa shape index (κ1) is 16.2. The van der Waals surface area contributed by atoms with Gasteiger partial charge in [-0.2, -0.15) is 0 Å². The molecule has 0 heterocycles. The molecule has 20 heavy (non-hydrogen) atoms. The van der Waals surface area contributed by atoms with Gasteiger partial charge in [0.05, 0.1) is 6.54 Å². The number of hydrogen-bond acceptors (Lipinski definition) is 3. The van der Waals surface area contributed by atoms with E-state index < -0.39 is 5.60 Å². The van der Waals surface area contributed by atoms with Crippen LogP contribution in [-0.2, 0) is 4.74 Å². The normalized spacial score (nSPS) is 14.1. The maximum absolute atomic E-state index is 12.0. The third kappa shape index (κ3) is 6.32. The van der Waals surface area contributed by atoms with Gasteiger partial charge in [0.1, 0.15) is 5.60 Å². The fourth-order valence-corrected chi connectivity index (χ4v) is 1.61. The fourth-order valence-electron chi connectivity index (χ4n) is 1.61. The Morgan fingerprint density at radius 1 is 1.35 bits per heavy atom. The largest absolute Gasteiger partial charge is 0.444 e. The molecule has 0 unspecified atom stereocenters. The number of terminal acetylenes is 1. The van der Waals surface area contributed by atoms with Gasteiger partial charge in [0, 0.05) is 19.1 Å². The van der Waals surface area contributed by atoms with Crippen molar-refractivity contribution in [3.8, 4) is 12.3 Å². The quantitative estimate of drug-likeness (QED) is 0.747. The number of carbonyl (C=O) groups excluding carboxylic acids is 2. The van der Waals surface area contributed by atoms with Crippen molar-refractivity contribution in [2.75, 3.05) is 19.6 Å². The minimum Gasteiger partial charge on any atom is -0.444 e. The van der Waals surface area contributed by atoms with Gasteiger partial charge in [-0.05, 0) is 33.6 Å². The molecule has 0 aromatic heterocycles. The summed E-state index contributed by atoms with van der Waals surface area (Å²) in [7, 11) is 0. The Bertz CT molecular complexity index is 391. The summed E-state index contributed by atoms with van der Waals surface area (Å²) in [6.07, 6.45) is 6.69. The zero-order valence-corrected chi connectivity index (χ0v) is 12.4. The number of nitrogens with zero attached hydrogens (tertiary/aromatic N) is 1. The van der Waals surface area contributed by atoms with Crippen LogP contribution in [0.1, 0.15) is 33.6 Å². The second-order valence-electron chi connectivity index (χ2n) is 5.72. The molecular formula is C14H23N3O3. The summed E-state index contributed by atoms with van der Waals surface area (Å²) in [5, 5.41) is 5.15. The average Bonchev–Trinajstić information content (AvgIpc) is 3.13. The van der Waals surface area contributed by atoms with Crippen molar-refractivity contribution in [1.82, 2.24) is 15.5 Å². The summed E-state index contributed by atoms with van der Waals surface area (Å²) < 4.78 is 5.36. The summed E-state index contributed by atoms with van der Waals surface area (Å²) in [5.74, 6) is 2.31. The number of amides is 3. The fraction of sp³-hybridized carbons (Fsp3) is 0.714.